The van der Waals surface area contributed by atoms with Crippen molar-refractivity contribution in [1.82, 2.24) is 20.2 Å². The number of amides is 1. The Labute approximate surface area is 209 Å². The van der Waals surface area contributed by atoms with Gasteiger partial charge in [-0.15, -0.1) is 5.48 Å². The maximum Gasteiger partial charge on any atom is 0.255 e. The summed E-state index contributed by atoms with van der Waals surface area (Å²) in [6, 6.07) is 19.9. The third-order valence-corrected chi connectivity index (χ3v) is 7.93. The van der Waals surface area contributed by atoms with Crippen LogP contribution in [0.25, 0.3) is 0 Å². The summed E-state index contributed by atoms with van der Waals surface area (Å²) in [6.45, 7) is 12.3. The summed E-state index contributed by atoms with van der Waals surface area (Å²) in [5.41, 5.74) is 7.56. The van der Waals surface area contributed by atoms with Gasteiger partial charge in [0.25, 0.3) is 5.91 Å². The Morgan fingerprint density at radius 3 is 2.37 bits per heavy atom. The van der Waals surface area contributed by atoms with Crippen LogP contribution >= 0.6 is 0 Å². The number of nitrogens with one attached hydrogen (secondary N) is 1. The molecule has 1 amide bonds. The standard InChI is InChI=1S/C29H38N4O2/c1-21-9-11-24(12-10-21)20-32-17-18-33(19-22(32)2)26-13-15-31(16-14-26)29(34)27-23(3)35-30-28(27)25-7-5-4-6-8-25/h4-12,22,26,28,30H,13-20H2,1-3H3/t22-,28?/m0/s1. The van der Waals surface area contributed by atoms with E-state index in [0.29, 0.717) is 17.8 Å². The molecule has 2 atom stereocenters. The predicted octanol–water partition coefficient (Wildman–Crippen LogP) is 4.04. The molecule has 2 saturated heterocycles. The SMILES string of the molecule is CC1=C(C(=O)N2CCC(N3CCN(Cc4ccc(C)cc4)[C@@H](C)C3)CC2)C(c2ccccc2)NO1. The van der Waals surface area contributed by atoms with E-state index in [1.54, 1.807) is 0 Å². The smallest absolute Gasteiger partial charge is 0.255 e. The zero-order valence-electron chi connectivity index (χ0n) is 21.2. The van der Waals surface area contributed by atoms with Crippen LogP contribution < -0.4 is 5.48 Å². The van der Waals surface area contributed by atoms with E-state index < -0.39 is 0 Å². The molecule has 5 rings (SSSR count). The minimum absolute atomic E-state index is 0.107. The normalized spacial score (nSPS) is 24.6. The second kappa shape index (κ2) is 10.5. The summed E-state index contributed by atoms with van der Waals surface area (Å²) in [5, 5.41) is 0. The Balaban J connectivity index is 1.15. The zero-order chi connectivity index (χ0) is 24.4. The first-order chi connectivity index (χ1) is 17.0. The molecule has 0 aromatic heterocycles. The molecule has 0 radical (unpaired) electrons. The summed E-state index contributed by atoms with van der Waals surface area (Å²) in [7, 11) is 0. The number of carbonyl (C=O) groups excluding carboxylic acids is 1. The lowest BCUT2D eigenvalue weighted by Crippen LogP contribution is -2.56. The third kappa shape index (κ3) is 5.30. The van der Waals surface area contributed by atoms with E-state index in [1.165, 1.54) is 11.1 Å². The second-order valence-corrected chi connectivity index (χ2v) is 10.4. The maximum atomic E-state index is 13.5. The summed E-state index contributed by atoms with van der Waals surface area (Å²) >= 11 is 0. The maximum absolute atomic E-state index is 13.5. The van der Waals surface area contributed by atoms with E-state index in [1.807, 2.05) is 42.2 Å². The Hall–Kier alpha value is -2.67. The van der Waals surface area contributed by atoms with Crippen LogP contribution in [-0.4, -0.2) is 65.4 Å². The highest BCUT2D eigenvalue weighted by molar-refractivity contribution is 5.95. The minimum Gasteiger partial charge on any atom is -0.412 e. The van der Waals surface area contributed by atoms with Gasteiger partial charge in [0, 0.05) is 51.4 Å². The fourth-order valence-electron chi connectivity index (χ4n) is 5.74. The largest absolute Gasteiger partial charge is 0.412 e. The highest BCUT2D eigenvalue weighted by atomic mass is 16.7. The number of aryl methyl sites for hydroxylation is 1. The van der Waals surface area contributed by atoms with Gasteiger partial charge in [-0.1, -0.05) is 60.2 Å². The van der Waals surface area contributed by atoms with Gasteiger partial charge in [0.15, 0.2) is 0 Å². The lowest BCUT2D eigenvalue weighted by atomic mass is 9.96. The monoisotopic (exact) mass is 474 g/mol. The molecule has 2 fully saturated rings. The lowest BCUT2D eigenvalue weighted by Gasteiger charge is -2.45. The Morgan fingerprint density at radius 2 is 1.69 bits per heavy atom. The van der Waals surface area contributed by atoms with Crippen molar-refractivity contribution in [2.75, 3.05) is 32.7 Å². The van der Waals surface area contributed by atoms with Crippen molar-refractivity contribution in [1.29, 1.82) is 0 Å². The topological polar surface area (TPSA) is 48.1 Å². The number of piperazine rings is 1. The number of rotatable bonds is 5. The number of hydrogen-bond donors (Lipinski definition) is 1. The van der Waals surface area contributed by atoms with Crippen LogP contribution in [0.4, 0.5) is 0 Å². The molecule has 6 nitrogen and oxygen atoms in total. The van der Waals surface area contributed by atoms with Crippen molar-refractivity contribution in [3.05, 3.63) is 82.6 Å². The average molecular weight is 475 g/mol. The summed E-state index contributed by atoms with van der Waals surface area (Å²) in [4.78, 5) is 26.4. The van der Waals surface area contributed by atoms with E-state index in [2.05, 4.69) is 53.4 Å². The number of likely N-dealkylation sites (tertiary alicyclic amines) is 1. The van der Waals surface area contributed by atoms with Crippen molar-refractivity contribution in [2.45, 2.75) is 58.3 Å². The van der Waals surface area contributed by atoms with Gasteiger partial charge in [-0.05, 0) is 44.7 Å². The average Bonchev–Trinajstić information content (AvgIpc) is 3.28. The lowest BCUT2D eigenvalue weighted by molar-refractivity contribution is -0.129. The van der Waals surface area contributed by atoms with Crippen molar-refractivity contribution in [2.24, 2.45) is 0 Å². The molecule has 0 bridgehead atoms. The molecular weight excluding hydrogens is 436 g/mol. The molecule has 2 aromatic rings. The van der Waals surface area contributed by atoms with Gasteiger partial charge in [0.1, 0.15) is 11.8 Å². The van der Waals surface area contributed by atoms with Crippen molar-refractivity contribution in [3.63, 3.8) is 0 Å². The second-order valence-electron chi connectivity index (χ2n) is 10.4. The first-order valence-electron chi connectivity index (χ1n) is 13.0. The number of nitrogens with zero attached hydrogens (tertiary/aromatic N) is 3. The van der Waals surface area contributed by atoms with Crippen LogP contribution in [0.15, 0.2) is 65.9 Å². The van der Waals surface area contributed by atoms with Crippen LogP contribution in [0.3, 0.4) is 0 Å². The molecule has 186 valence electrons. The molecule has 0 saturated carbocycles. The van der Waals surface area contributed by atoms with E-state index in [4.69, 9.17) is 4.84 Å². The molecule has 1 unspecified atom stereocenters. The molecule has 35 heavy (non-hydrogen) atoms. The minimum atomic E-state index is -0.205. The highest BCUT2D eigenvalue weighted by Gasteiger charge is 2.37. The summed E-state index contributed by atoms with van der Waals surface area (Å²) in [6.07, 6.45) is 2.07. The molecule has 6 heteroatoms. The molecule has 0 aliphatic carbocycles. The van der Waals surface area contributed by atoms with Gasteiger partial charge in [-0.25, -0.2) is 0 Å². The van der Waals surface area contributed by atoms with Crippen LogP contribution in [0.1, 0.15) is 49.4 Å². The van der Waals surface area contributed by atoms with Crippen molar-refractivity contribution in [3.8, 4) is 0 Å². The first-order valence-corrected chi connectivity index (χ1v) is 13.0. The Bertz CT molecular complexity index is 1040. The molecule has 3 aliphatic rings. The number of hydroxylamine groups is 1. The van der Waals surface area contributed by atoms with E-state index in [9.17, 15) is 4.79 Å². The molecular formula is C29H38N4O2. The fourth-order valence-corrected chi connectivity index (χ4v) is 5.74. The fraction of sp³-hybridized carbons (Fsp3) is 0.483. The number of hydrogen-bond acceptors (Lipinski definition) is 5. The summed E-state index contributed by atoms with van der Waals surface area (Å²) < 4.78 is 0. The van der Waals surface area contributed by atoms with E-state index in [-0.39, 0.29) is 11.9 Å². The van der Waals surface area contributed by atoms with Crippen molar-refractivity contribution >= 4 is 5.91 Å². The van der Waals surface area contributed by atoms with Crippen LogP contribution in [0.2, 0.25) is 0 Å². The van der Waals surface area contributed by atoms with Crippen molar-refractivity contribution < 1.29 is 9.63 Å². The predicted molar refractivity (Wildman–Crippen MR) is 138 cm³/mol. The molecule has 0 spiro atoms. The Morgan fingerprint density at radius 1 is 0.971 bits per heavy atom. The van der Waals surface area contributed by atoms with Gasteiger partial charge in [0.2, 0.25) is 0 Å². The number of benzene rings is 2. The molecule has 3 aliphatic heterocycles. The van der Waals surface area contributed by atoms with Gasteiger partial charge >= 0.3 is 0 Å². The zero-order valence-corrected chi connectivity index (χ0v) is 21.2. The third-order valence-electron chi connectivity index (χ3n) is 7.93. The number of piperidine rings is 1. The van der Waals surface area contributed by atoms with E-state index >= 15 is 0 Å². The van der Waals surface area contributed by atoms with Gasteiger partial charge in [0.05, 0.1) is 5.57 Å². The van der Waals surface area contributed by atoms with Crippen LogP contribution in [-0.2, 0) is 16.2 Å². The van der Waals surface area contributed by atoms with Crippen LogP contribution in [0.5, 0.6) is 0 Å². The van der Waals surface area contributed by atoms with Gasteiger partial charge < -0.3 is 9.74 Å². The Kier molecular flexibility index (Phi) is 7.23. The molecule has 3 heterocycles. The number of allylic oxidation sites excluding steroid dienone is 1. The number of carbonyl (C=O) groups is 1. The molecule has 1 N–H and O–H groups in total. The molecule has 2 aromatic carbocycles. The van der Waals surface area contributed by atoms with Crippen LogP contribution in [0, 0.1) is 6.92 Å². The van der Waals surface area contributed by atoms with Gasteiger partial charge in [-0.2, -0.15) is 0 Å². The van der Waals surface area contributed by atoms with Gasteiger partial charge in [-0.3, -0.25) is 14.6 Å². The summed E-state index contributed by atoms with van der Waals surface area (Å²) in [5.74, 6) is 0.792. The van der Waals surface area contributed by atoms with E-state index in [0.717, 1.165) is 63.2 Å². The quantitative estimate of drug-likeness (QED) is 0.709. The first kappa shape index (κ1) is 24.0. The highest BCUT2D eigenvalue weighted by Crippen LogP contribution is 2.32.